The molecule has 1 N–H and O–H groups in total. The minimum Gasteiger partial charge on any atom is -0.457 e. The van der Waals surface area contributed by atoms with Crippen LogP contribution in [0.3, 0.4) is 0 Å². The standard InChI is InChI=1S/C22H18FNO2/c23-16-11-9-15(10-12-16)13-14-24-22(25)21-17-5-1-3-7-19(17)26-20-8-4-2-6-18(20)21/h1-12,21H,13-14H2,(H,24,25). The predicted octanol–water partition coefficient (Wildman–Crippen LogP) is 4.42. The first-order chi connectivity index (χ1) is 12.7. The molecule has 1 heterocycles. The van der Waals surface area contributed by atoms with Crippen molar-refractivity contribution < 1.29 is 13.9 Å². The Bertz CT molecular complexity index is 891. The summed E-state index contributed by atoms with van der Waals surface area (Å²) in [5.41, 5.74) is 2.72. The molecule has 0 saturated heterocycles. The number of carbonyl (C=O) groups is 1. The normalized spacial score (nSPS) is 12.7. The Labute approximate surface area is 151 Å². The molecule has 0 spiro atoms. The van der Waals surface area contributed by atoms with Crippen LogP contribution in [0.4, 0.5) is 4.39 Å². The fraction of sp³-hybridized carbons (Fsp3) is 0.136. The van der Waals surface area contributed by atoms with Crippen molar-refractivity contribution in [3.8, 4) is 11.5 Å². The van der Waals surface area contributed by atoms with Gasteiger partial charge in [-0.25, -0.2) is 4.39 Å². The SMILES string of the molecule is O=C(NCCc1ccc(F)cc1)C1c2ccccc2Oc2ccccc21. The van der Waals surface area contributed by atoms with E-state index in [1.165, 1.54) is 12.1 Å². The number of hydrogen-bond acceptors (Lipinski definition) is 2. The van der Waals surface area contributed by atoms with Crippen LogP contribution in [0.15, 0.2) is 72.8 Å². The van der Waals surface area contributed by atoms with Gasteiger partial charge in [-0.3, -0.25) is 4.79 Å². The van der Waals surface area contributed by atoms with Crippen LogP contribution in [-0.4, -0.2) is 12.5 Å². The van der Waals surface area contributed by atoms with Gasteiger partial charge in [-0.1, -0.05) is 48.5 Å². The Morgan fingerprint density at radius 2 is 1.46 bits per heavy atom. The van der Waals surface area contributed by atoms with E-state index in [0.29, 0.717) is 24.5 Å². The number of halogens is 1. The highest BCUT2D eigenvalue weighted by Crippen LogP contribution is 2.43. The Morgan fingerprint density at radius 1 is 0.885 bits per heavy atom. The molecule has 0 aliphatic carbocycles. The fourth-order valence-corrected chi connectivity index (χ4v) is 3.28. The monoisotopic (exact) mass is 347 g/mol. The largest absolute Gasteiger partial charge is 0.457 e. The molecular weight excluding hydrogens is 329 g/mol. The van der Waals surface area contributed by atoms with Crippen molar-refractivity contribution in [2.24, 2.45) is 0 Å². The lowest BCUT2D eigenvalue weighted by atomic mass is 9.87. The number of benzene rings is 3. The van der Waals surface area contributed by atoms with Gasteiger partial charge in [0.2, 0.25) is 5.91 Å². The first-order valence-electron chi connectivity index (χ1n) is 8.60. The molecule has 1 amide bonds. The summed E-state index contributed by atoms with van der Waals surface area (Å²) >= 11 is 0. The highest BCUT2D eigenvalue weighted by atomic mass is 19.1. The summed E-state index contributed by atoms with van der Waals surface area (Å²) in [6, 6.07) is 21.6. The second-order valence-corrected chi connectivity index (χ2v) is 6.28. The summed E-state index contributed by atoms with van der Waals surface area (Å²) < 4.78 is 18.9. The third kappa shape index (κ3) is 3.18. The molecular formula is C22H18FNO2. The summed E-state index contributed by atoms with van der Waals surface area (Å²) in [7, 11) is 0. The van der Waals surface area contributed by atoms with Crippen molar-refractivity contribution in [1.82, 2.24) is 5.32 Å². The maximum absolute atomic E-state index is 13.0. The van der Waals surface area contributed by atoms with Crippen molar-refractivity contribution in [2.45, 2.75) is 12.3 Å². The Balaban J connectivity index is 1.53. The van der Waals surface area contributed by atoms with Gasteiger partial charge in [0.25, 0.3) is 0 Å². The molecule has 1 aliphatic heterocycles. The van der Waals surface area contributed by atoms with Gasteiger partial charge in [0.1, 0.15) is 17.3 Å². The third-order valence-electron chi connectivity index (χ3n) is 4.57. The molecule has 3 nitrogen and oxygen atoms in total. The van der Waals surface area contributed by atoms with E-state index >= 15 is 0 Å². The molecule has 0 fully saturated rings. The fourth-order valence-electron chi connectivity index (χ4n) is 3.28. The second-order valence-electron chi connectivity index (χ2n) is 6.28. The highest BCUT2D eigenvalue weighted by molar-refractivity contribution is 5.89. The van der Waals surface area contributed by atoms with Gasteiger partial charge in [0.05, 0.1) is 5.92 Å². The van der Waals surface area contributed by atoms with Crippen LogP contribution in [0.1, 0.15) is 22.6 Å². The van der Waals surface area contributed by atoms with Crippen molar-refractivity contribution >= 4 is 5.91 Å². The van der Waals surface area contributed by atoms with Crippen LogP contribution in [-0.2, 0) is 11.2 Å². The smallest absolute Gasteiger partial charge is 0.232 e. The minimum absolute atomic E-state index is 0.0599. The number of amides is 1. The lowest BCUT2D eigenvalue weighted by molar-refractivity contribution is -0.121. The lowest BCUT2D eigenvalue weighted by Crippen LogP contribution is -2.33. The molecule has 0 bridgehead atoms. The Hall–Kier alpha value is -3.14. The van der Waals surface area contributed by atoms with Crippen LogP contribution < -0.4 is 10.1 Å². The van der Waals surface area contributed by atoms with Crippen LogP contribution in [0.25, 0.3) is 0 Å². The summed E-state index contributed by atoms with van der Waals surface area (Å²) in [5, 5.41) is 3.01. The van der Waals surface area contributed by atoms with E-state index in [1.807, 2.05) is 48.5 Å². The molecule has 0 atom stereocenters. The third-order valence-corrected chi connectivity index (χ3v) is 4.57. The van der Waals surface area contributed by atoms with Crippen molar-refractivity contribution in [3.05, 3.63) is 95.3 Å². The highest BCUT2D eigenvalue weighted by Gasteiger charge is 2.32. The van der Waals surface area contributed by atoms with E-state index in [1.54, 1.807) is 12.1 Å². The van der Waals surface area contributed by atoms with Gasteiger partial charge < -0.3 is 10.1 Å². The number of ether oxygens (including phenoxy) is 1. The van der Waals surface area contributed by atoms with Gasteiger partial charge in [-0.2, -0.15) is 0 Å². The summed E-state index contributed by atoms with van der Waals surface area (Å²) in [4.78, 5) is 12.9. The Kier molecular flexibility index (Phi) is 4.40. The number of para-hydroxylation sites is 2. The lowest BCUT2D eigenvalue weighted by Gasteiger charge is -2.27. The molecule has 1 aliphatic rings. The van der Waals surface area contributed by atoms with Crippen LogP contribution >= 0.6 is 0 Å². The molecule has 0 unspecified atom stereocenters. The molecule has 0 aromatic heterocycles. The molecule has 4 heteroatoms. The van der Waals surface area contributed by atoms with E-state index in [-0.39, 0.29) is 11.7 Å². The van der Waals surface area contributed by atoms with E-state index in [2.05, 4.69) is 5.32 Å². The maximum Gasteiger partial charge on any atom is 0.232 e. The van der Waals surface area contributed by atoms with Gasteiger partial charge >= 0.3 is 0 Å². The predicted molar refractivity (Wildman–Crippen MR) is 97.9 cm³/mol. The molecule has 26 heavy (non-hydrogen) atoms. The van der Waals surface area contributed by atoms with Crippen molar-refractivity contribution in [1.29, 1.82) is 0 Å². The number of rotatable bonds is 4. The quantitative estimate of drug-likeness (QED) is 0.759. The van der Waals surface area contributed by atoms with Crippen molar-refractivity contribution in [3.63, 3.8) is 0 Å². The number of carbonyl (C=O) groups excluding carboxylic acids is 1. The number of fused-ring (bicyclic) bond motifs is 2. The average molecular weight is 347 g/mol. The van der Waals surface area contributed by atoms with Gasteiger partial charge in [0.15, 0.2) is 0 Å². The van der Waals surface area contributed by atoms with Crippen molar-refractivity contribution in [2.75, 3.05) is 6.54 Å². The molecule has 130 valence electrons. The zero-order chi connectivity index (χ0) is 17.9. The summed E-state index contributed by atoms with van der Waals surface area (Å²) in [6.45, 7) is 0.492. The van der Waals surface area contributed by atoms with Crippen LogP contribution in [0, 0.1) is 5.82 Å². The summed E-state index contributed by atoms with van der Waals surface area (Å²) in [6.07, 6.45) is 0.651. The van der Waals surface area contributed by atoms with Gasteiger partial charge in [0, 0.05) is 17.7 Å². The van der Waals surface area contributed by atoms with Crippen LogP contribution in [0.2, 0.25) is 0 Å². The summed E-state index contributed by atoms with van der Waals surface area (Å²) in [5.74, 6) is 0.711. The molecule has 3 aromatic carbocycles. The van der Waals surface area contributed by atoms with E-state index in [4.69, 9.17) is 4.74 Å². The first kappa shape index (κ1) is 16.3. The number of hydrogen-bond donors (Lipinski definition) is 1. The van der Waals surface area contributed by atoms with Gasteiger partial charge in [-0.15, -0.1) is 0 Å². The molecule has 0 radical (unpaired) electrons. The topological polar surface area (TPSA) is 38.3 Å². The van der Waals surface area contributed by atoms with E-state index in [9.17, 15) is 9.18 Å². The molecule has 3 aromatic rings. The average Bonchev–Trinajstić information content (AvgIpc) is 2.67. The van der Waals surface area contributed by atoms with Crippen LogP contribution in [0.5, 0.6) is 11.5 Å². The second kappa shape index (κ2) is 7.00. The minimum atomic E-state index is -0.399. The first-order valence-corrected chi connectivity index (χ1v) is 8.60. The molecule has 4 rings (SSSR count). The zero-order valence-corrected chi connectivity index (χ0v) is 14.1. The van der Waals surface area contributed by atoms with E-state index < -0.39 is 5.92 Å². The number of nitrogens with one attached hydrogen (secondary N) is 1. The van der Waals surface area contributed by atoms with E-state index in [0.717, 1.165) is 16.7 Å². The van der Waals surface area contributed by atoms with Gasteiger partial charge in [-0.05, 0) is 36.2 Å². The maximum atomic E-state index is 13.0. The zero-order valence-electron chi connectivity index (χ0n) is 14.1. The molecule has 0 saturated carbocycles. The Morgan fingerprint density at radius 3 is 2.08 bits per heavy atom.